The van der Waals surface area contributed by atoms with Crippen molar-refractivity contribution in [3.05, 3.63) is 212 Å². The van der Waals surface area contributed by atoms with E-state index in [0.717, 1.165) is 17.1 Å². The number of anilines is 3. The molecule has 0 bridgehead atoms. The number of nitrogens with zero attached hydrogens (tertiary/aromatic N) is 1. The molecule has 0 radical (unpaired) electrons. The van der Waals surface area contributed by atoms with Crippen molar-refractivity contribution in [2.24, 2.45) is 0 Å². The first-order valence-corrected chi connectivity index (χ1v) is 19.2. The first-order valence-electron chi connectivity index (χ1n) is 18.4. The Morgan fingerprint density at radius 1 is 0.296 bits per heavy atom. The van der Waals surface area contributed by atoms with Crippen molar-refractivity contribution in [3.8, 4) is 44.5 Å². The zero-order chi connectivity index (χ0) is 35.8. The first kappa shape index (κ1) is 32.0. The van der Waals surface area contributed by atoms with Gasteiger partial charge in [0.25, 0.3) is 0 Å². The van der Waals surface area contributed by atoms with Crippen LogP contribution in [0.1, 0.15) is 0 Å². The maximum atomic E-state index is 2.48. The third kappa shape index (κ3) is 5.65. The second-order valence-corrected chi connectivity index (χ2v) is 14.8. The Kier molecular flexibility index (Phi) is 8.09. The van der Waals surface area contributed by atoms with Gasteiger partial charge in [-0.1, -0.05) is 176 Å². The summed E-state index contributed by atoms with van der Waals surface area (Å²) in [6, 6.07) is 77.2. The fourth-order valence-electron chi connectivity index (χ4n) is 7.93. The molecule has 10 aromatic rings. The smallest absolute Gasteiger partial charge is 0.0547 e. The van der Waals surface area contributed by atoms with Crippen molar-refractivity contribution >= 4 is 59.3 Å². The molecule has 0 saturated heterocycles. The average molecular weight is 706 g/mol. The SMILES string of the molecule is c1ccc(-c2ccc(-c3c(N(c4ccc(-c5ccccc5)cc4)c4ccc(-c5ccccc5)c5ccccc45)ccc4sc5ccccc5c34)cc2)cc1. The lowest BCUT2D eigenvalue weighted by Gasteiger charge is -2.30. The molecular weight excluding hydrogens is 671 g/mol. The second kappa shape index (κ2) is 13.7. The third-order valence-corrected chi connectivity index (χ3v) is 11.6. The Labute approximate surface area is 319 Å². The molecule has 9 aromatic carbocycles. The number of hydrogen-bond donors (Lipinski definition) is 0. The molecule has 0 aliphatic carbocycles. The Balaban J connectivity index is 1.25. The summed E-state index contributed by atoms with van der Waals surface area (Å²) >= 11 is 1.87. The summed E-state index contributed by atoms with van der Waals surface area (Å²) < 4.78 is 2.58. The summed E-state index contributed by atoms with van der Waals surface area (Å²) in [5, 5.41) is 5.00. The minimum absolute atomic E-state index is 1.10. The molecule has 0 amide bonds. The lowest BCUT2D eigenvalue weighted by Crippen LogP contribution is -2.12. The Morgan fingerprint density at radius 2 is 0.778 bits per heavy atom. The zero-order valence-corrected chi connectivity index (χ0v) is 30.4. The third-order valence-electron chi connectivity index (χ3n) is 10.5. The molecule has 1 heterocycles. The van der Waals surface area contributed by atoms with E-state index in [-0.39, 0.29) is 0 Å². The first-order chi connectivity index (χ1) is 26.8. The monoisotopic (exact) mass is 705 g/mol. The maximum absolute atomic E-state index is 2.48. The lowest BCUT2D eigenvalue weighted by atomic mass is 9.93. The van der Waals surface area contributed by atoms with Gasteiger partial charge < -0.3 is 4.90 Å². The van der Waals surface area contributed by atoms with E-state index in [9.17, 15) is 0 Å². The van der Waals surface area contributed by atoms with E-state index in [4.69, 9.17) is 0 Å². The van der Waals surface area contributed by atoms with E-state index in [1.165, 1.54) is 75.5 Å². The summed E-state index contributed by atoms with van der Waals surface area (Å²) in [5.41, 5.74) is 13.1. The number of thiophene rings is 1. The highest BCUT2D eigenvalue weighted by molar-refractivity contribution is 7.26. The molecule has 1 aromatic heterocycles. The van der Waals surface area contributed by atoms with Crippen molar-refractivity contribution < 1.29 is 0 Å². The molecule has 0 saturated carbocycles. The van der Waals surface area contributed by atoms with Crippen LogP contribution in [-0.4, -0.2) is 0 Å². The fraction of sp³-hybridized carbons (Fsp3) is 0. The highest BCUT2D eigenvalue weighted by Gasteiger charge is 2.24. The summed E-state index contributed by atoms with van der Waals surface area (Å²) in [6.07, 6.45) is 0. The molecule has 1 nitrogen and oxygen atoms in total. The molecular formula is C52H35NS. The molecule has 0 atom stereocenters. The molecule has 0 aliphatic heterocycles. The molecule has 254 valence electrons. The highest BCUT2D eigenvalue weighted by Crippen LogP contribution is 2.50. The Hall–Kier alpha value is -6.74. The van der Waals surface area contributed by atoms with E-state index >= 15 is 0 Å². The molecule has 54 heavy (non-hydrogen) atoms. The van der Waals surface area contributed by atoms with E-state index in [1.807, 2.05) is 11.3 Å². The van der Waals surface area contributed by atoms with Crippen LogP contribution in [0.2, 0.25) is 0 Å². The van der Waals surface area contributed by atoms with Gasteiger partial charge in [0.15, 0.2) is 0 Å². The van der Waals surface area contributed by atoms with Gasteiger partial charge in [0.1, 0.15) is 0 Å². The summed E-state index contributed by atoms with van der Waals surface area (Å²) in [5.74, 6) is 0. The Bertz CT molecular complexity index is 2890. The largest absolute Gasteiger partial charge is 0.309 e. The zero-order valence-electron chi connectivity index (χ0n) is 29.6. The van der Waals surface area contributed by atoms with Gasteiger partial charge in [-0.25, -0.2) is 0 Å². The van der Waals surface area contributed by atoms with Crippen molar-refractivity contribution in [2.75, 3.05) is 4.90 Å². The van der Waals surface area contributed by atoms with Gasteiger partial charge >= 0.3 is 0 Å². The summed E-state index contributed by atoms with van der Waals surface area (Å²) in [7, 11) is 0. The number of hydrogen-bond acceptors (Lipinski definition) is 2. The van der Waals surface area contributed by atoms with Crippen LogP contribution in [-0.2, 0) is 0 Å². The van der Waals surface area contributed by atoms with E-state index in [1.54, 1.807) is 0 Å². The van der Waals surface area contributed by atoms with Crippen LogP contribution >= 0.6 is 11.3 Å². The summed E-state index contributed by atoms with van der Waals surface area (Å²) in [6.45, 7) is 0. The fourth-order valence-corrected chi connectivity index (χ4v) is 9.05. The molecule has 10 rings (SSSR count). The van der Waals surface area contributed by atoms with E-state index < -0.39 is 0 Å². The topological polar surface area (TPSA) is 3.24 Å². The highest BCUT2D eigenvalue weighted by atomic mass is 32.1. The predicted octanol–water partition coefficient (Wildman–Crippen LogP) is 15.3. The summed E-state index contributed by atoms with van der Waals surface area (Å²) in [4.78, 5) is 2.48. The van der Waals surface area contributed by atoms with Gasteiger partial charge in [0.2, 0.25) is 0 Å². The van der Waals surface area contributed by atoms with Gasteiger partial charge in [0.05, 0.1) is 11.4 Å². The average Bonchev–Trinajstić information content (AvgIpc) is 3.64. The van der Waals surface area contributed by atoms with Gasteiger partial charge in [-0.15, -0.1) is 11.3 Å². The predicted molar refractivity (Wildman–Crippen MR) is 233 cm³/mol. The van der Waals surface area contributed by atoms with Gasteiger partial charge in [-0.2, -0.15) is 0 Å². The van der Waals surface area contributed by atoms with Crippen LogP contribution in [0.4, 0.5) is 17.1 Å². The van der Waals surface area contributed by atoms with Crippen molar-refractivity contribution in [3.63, 3.8) is 0 Å². The molecule has 0 unspecified atom stereocenters. The van der Waals surface area contributed by atoms with Crippen LogP contribution in [0.3, 0.4) is 0 Å². The number of benzene rings is 9. The molecule has 0 fully saturated rings. The normalized spacial score (nSPS) is 11.3. The molecule has 0 aliphatic rings. The van der Waals surface area contributed by atoms with Crippen LogP contribution in [0.5, 0.6) is 0 Å². The van der Waals surface area contributed by atoms with Gasteiger partial charge in [-0.3, -0.25) is 0 Å². The Morgan fingerprint density at radius 3 is 1.43 bits per heavy atom. The quantitative estimate of drug-likeness (QED) is 0.160. The van der Waals surface area contributed by atoms with Crippen LogP contribution in [0.15, 0.2) is 212 Å². The molecule has 0 spiro atoms. The van der Waals surface area contributed by atoms with E-state index in [2.05, 4.69) is 217 Å². The van der Waals surface area contributed by atoms with Crippen LogP contribution < -0.4 is 4.90 Å². The van der Waals surface area contributed by atoms with Crippen molar-refractivity contribution in [1.29, 1.82) is 0 Å². The van der Waals surface area contributed by atoms with Gasteiger partial charge in [0, 0.05) is 36.8 Å². The minimum Gasteiger partial charge on any atom is -0.309 e. The minimum atomic E-state index is 1.10. The standard InChI is InChI=1S/C52H35NS/c1-4-14-36(15-5-1)38-24-26-41(27-25-38)51-48(34-35-50-52(51)46-22-12-13-23-49(46)54-50)53(42-30-28-39(29-31-42)37-16-6-2-7-17-37)47-33-32-43(40-18-8-3-9-19-40)44-20-10-11-21-45(44)47/h1-35H. The van der Waals surface area contributed by atoms with E-state index in [0.29, 0.717) is 0 Å². The van der Waals surface area contributed by atoms with Gasteiger partial charge in [-0.05, 0) is 80.7 Å². The molecule has 2 heteroatoms. The second-order valence-electron chi connectivity index (χ2n) is 13.7. The molecule has 0 N–H and O–H groups in total. The number of fused-ring (bicyclic) bond motifs is 4. The van der Waals surface area contributed by atoms with Crippen molar-refractivity contribution in [1.82, 2.24) is 0 Å². The van der Waals surface area contributed by atoms with Crippen LogP contribution in [0, 0.1) is 0 Å². The number of rotatable bonds is 7. The van der Waals surface area contributed by atoms with Crippen molar-refractivity contribution in [2.45, 2.75) is 0 Å². The lowest BCUT2D eigenvalue weighted by molar-refractivity contribution is 1.30. The van der Waals surface area contributed by atoms with Crippen LogP contribution in [0.25, 0.3) is 75.5 Å². The maximum Gasteiger partial charge on any atom is 0.0547 e.